The summed E-state index contributed by atoms with van der Waals surface area (Å²) in [6, 6.07) is 13.8. The molecule has 2 atom stereocenters. The Morgan fingerprint density at radius 3 is 2.23 bits per heavy atom. The summed E-state index contributed by atoms with van der Waals surface area (Å²) >= 11 is 1.69. The monoisotopic (exact) mass is 394 g/mol. The lowest BCUT2D eigenvalue weighted by Gasteiger charge is -2.21. The maximum atomic E-state index is 12.4. The highest BCUT2D eigenvalue weighted by Crippen LogP contribution is 2.15. The Kier molecular flexibility index (Phi) is 6.82. The number of thioether (sulfide) groups is 1. The first-order valence-electron chi connectivity index (χ1n) is 8.09. The molecule has 0 bridgehead atoms. The van der Waals surface area contributed by atoms with Crippen LogP contribution in [0.15, 0.2) is 58.3 Å². The molecule has 6 nitrogen and oxygen atoms in total. The molecule has 0 saturated carbocycles. The number of primary sulfonamides is 1. The number of benzene rings is 2. The Bertz CT molecular complexity index is 850. The summed E-state index contributed by atoms with van der Waals surface area (Å²) in [5, 5.41) is 7.87. The van der Waals surface area contributed by atoms with E-state index in [9.17, 15) is 13.2 Å². The van der Waals surface area contributed by atoms with Crippen LogP contribution in [-0.2, 0) is 21.4 Å². The first-order valence-corrected chi connectivity index (χ1v) is 10.9. The molecule has 2 rings (SSSR count). The van der Waals surface area contributed by atoms with Gasteiger partial charge < -0.3 is 10.2 Å². The highest BCUT2D eigenvalue weighted by atomic mass is 32.2. The molecule has 2 aromatic rings. The number of sulfonamides is 1. The van der Waals surface area contributed by atoms with E-state index in [1.807, 2.05) is 20.2 Å². The quantitative estimate of drug-likeness (QED) is 0.613. The second kappa shape index (κ2) is 8.68. The minimum Gasteiger partial charge on any atom is -0.324 e. The summed E-state index contributed by atoms with van der Waals surface area (Å²) in [7, 11) is -1.77. The number of likely N-dealkylation sites (N-methyl/N-ethyl adjacent to an activating group) is 1. The van der Waals surface area contributed by atoms with Gasteiger partial charge in [-0.1, -0.05) is 12.1 Å². The van der Waals surface area contributed by atoms with Crippen LogP contribution in [-0.4, -0.2) is 33.7 Å². The SMILES string of the molecule is CSc1ccc(C[NH+](C)[C@@H](C)C(=O)Nc2ccc(S(N)(=O)=O)cc2)cc1. The van der Waals surface area contributed by atoms with Gasteiger partial charge in [-0.15, -0.1) is 11.8 Å². The minimum atomic E-state index is -3.74. The van der Waals surface area contributed by atoms with Gasteiger partial charge in [-0.05, 0) is 49.6 Å². The normalized spacial score (nSPS) is 13.8. The van der Waals surface area contributed by atoms with Gasteiger partial charge in [-0.25, -0.2) is 13.6 Å². The average molecular weight is 395 g/mol. The average Bonchev–Trinajstić information content (AvgIpc) is 2.61. The van der Waals surface area contributed by atoms with Gasteiger partial charge in [0.1, 0.15) is 6.54 Å². The molecule has 0 aromatic heterocycles. The van der Waals surface area contributed by atoms with Crippen LogP contribution in [0.25, 0.3) is 0 Å². The van der Waals surface area contributed by atoms with E-state index < -0.39 is 10.0 Å². The number of anilines is 1. The van der Waals surface area contributed by atoms with Crippen LogP contribution in [0, 0.1) is 0 Å². The molecule has 26 heavy (non-hydrogen) atoms. The predicted octanol–water partition coefficient (Wildman–Crippen LogP) is 1.10. The van der Waals surface area contributed by atoms with Crippen LogP contribution in [0.5, 0.6) is 0 Å². The van der Waals surface area contributed by atoms with Gasteiger partial charge in [0.15, 0.2) is 6.04 Å². The number of rotatable bonds is 7. The smallest absolute Gasteiger partial charge is 0.282 e. The number of amides is 1. The number of carbonyl (C=O) groups excluding carboxylic acids is 1. The topological polar surface area (TPSA) is 93.7 Å². The van der Waals surface area contributed by atoms with Crippen LogP contribution in [0.2, 0.25) is 0 Å². The highest BCUT2D eigenvalue weighted by Gasteiger charge is 2.22. The van der Waals surface area contributed by atoms with E-state index in [0.29, 0.717) is 5.69 Å². The Labute approximate surface area is 158 Å². The molecule has 1 unspecified atom stereocenters. The Morgan fingerprint density at radius 2 is 1.73 bits per heavy atom. The lowest BCUT2D eigenvalue weighted by atomic mass is 10.2. The fourth-order valence-corrected chi connectivity index (χ4v) is 3.34. The van der Waals surface area contributed by atoms with Crippen LogP contribution in [0.3, 0.4) is 0 Å². The van der Waals surface area contributed by atoms with Gasteiger partial charge in [-0.3, -0.25) is 4.79 Å². The number of nitrogens with one attached hydrogen (secondary N) is 2. The van der Waals surface area contributed by atoms with Crippen molar-refractivity contribution in [2.24, 2.45) is 5.14 Å². The van der Waals surface area contributed by atoms with E-state index in [1.165, 1.54) is 29.2 Å². The largest absolute Gasteiger partial charge is 0.324 e. The standard InChI is InChI=1S/C18H23N3O3S2/c1-13(21(2)12-14-4-8-16(25-3)9-5-14)18(22)20-15-6-10-17(11-7-15)26(19,23)24/h4-11,13H,12H2,1-3H3,(H,20,22)(H2,19,23,24)/p+1/t13-/m0/s1. The van der Waals surface area contributed by atoms with E-state index in [0.717, 1.165) is 17.0 Å². The van der Waals surface area contributed by atoms with Crippen LogP contribution < -0.4 is 15.4 Å². The van der Waals surface area contributed by atoms with E-state index in [4.69, 9.17) is 5.14 Å². The summed E-state index contributed by atoms with van der Waals surface area (Å²) in [5.74, 6) is -0.133. The maximum Gasteiger partial charge on any atom is 0.282 e. The van der Waals surface area contributed by atoms with Gasteiger partial charge in [0.25, 0.3) is 5.91 Å². The minimum absolute atomic E-state index is 0.0139. The zero-order chi connectivity index (χ0) is 19.3. The molecular formula is C18H24N3O3S2+. The Hall–Kier alpha value is -1.87. The molecule has 1 amide bonds. The van der Waals surface area contributed by atoms with Crippen molar-refractivity contribution in [1.29, 1.82) is 0 Å². The fourth-order valence-electron chi connectivity index (χ4n) is 2.42. The molecule has 0 aliphatic heterocycles. The van der Waals surface area contributed by atoms with Crippen molar-refractivity contribution in [3.05, 3.63) is 54.1 Å². The van der Waals surface area contributed by atoms with Gasteiger partial charge >= 0.3 is 0 Å². The Balaban J connectivity index is 1.97. The number of hydrogen-bond donors (Lipinski definition) is 3. The van der Waals surface area contributed by atoms with Crippen molar-refractivity contribution in [1.82, 2.24) is 0 Å². The van der Waals surface area contributed by atoms with Gasteiger partial charge in [0.05, 0.1) is 11.9 Å². The van der Waals surface area contributed by atoms with Crippen molar-refractivity contribution in [2.45, 2.75) is 29.3 Å². The third kappa shape index (κ3) is 5.57. The number of hydrogen-bond acceptors (Lipinski definition) is 4. The van der Waals surface area contributed by atoms with E-state index >= 15 is 0 Å². The molecular weight excluding hydrogens is 370 g/mol. The van der Waals surface area contributed by atoms with Crippen LogP contribution >= 0.6 is 11.8 Å². The molecule has 140 valence electrons. The molecule has 0 spiro atoms. The van der Waals surface area contributed by atoms with Crippen molar-refractivity contribution in [3.63, 3.8) is 0 Å². The second-order valence-electron chi connectivity index (χ2n) is 6.15. The second-order valence-corrected chi connectivity index (χ2v) is 8.59. The van der Waals surface area contributed by atoms with Crippen molar-refractivity contribution in [2.75, 3.05) is 18.6 Å². The summed E-state index contributed by atoms with van der Waals surface area (Å²) in [4.78, 5) is 14.7. The Morgan fingerprint density at radius 1 is 1.15 bits per heavy atom. The van der Waals surface area contributed by atoms with E-state index in [1.54, 1.807) is 11.8 Å². The number of nitrogens with two attached hydrogens (primary N) is 1. The van der Waals surface area contributed by atoms with E-state index in [2.05, 4.69) is 29.6 Å². The molecule has 0 aliphatic carbocycles. The highest BCUT2D eigenvalue weighted by molar-refractivity contribution is 7.98. The maximum absolute atomic E-state index is 12.4. The van der Waals surface area contributed by atoms with Crippen molar-refractivity contribution in [3.8, 4) is 0 Å². The van der Waals surface area contributed by atoms with Crippen molar-refractivity contribution >= 4 is 33.4 Å². The van der Waals surface area contributed by atoms with Gasteiger partial charge in [0, 0.05) is 16.1 Å². The predicted molar refractivity (Wildman–Crippen MR) is 105 cm³/mol. The molecule has 0 heterocycles. The third-order valence-corrected chi connectivity index (χ3v) is 5.90. The molecule has 0 aliphatic rings. The molecule has 0 saturated heterocycles. The van der Waals surface area contributed by atoms with E-state index in [-0.39, 0.29) is 16.8 Å². The molecule has 2 aromatic carbocycles. The molecule has 0 fully saturated rings. The first-order chi connectivity index (χ1) is 12.2. The van der Waals surface area contributed by atoms with Crippen molar-refractivity contribution < 1.29 is 18.1 Å². The third-order valence-electron chi connectivity index (χ3n) is 4.22. The lowest BCUT2D eigenvalue weighted by Crippen LogP contribution is -3.12. The zero-order valence-corrected chi connectivity index (χ0v) is 16.7. The number of carbonyl (C=O) groups is 1. The zero-order valence-electron chi connectivity index (χ0n) is 15.0. The summed E-state index contributed by atoms with van der Waals surface area (Å²) in [5.41, 5.74) is 1.70. The van der Waals surface area contributed by atoms with Crippen LogP contribution in [0.1, 0.15) is 12.5 Å². The first kappa shape index (κ1) is 20.4. The molecule has 0 radical (unpaired) electrons. The van der Waals surface area contributed by atoms with Gasteiger partial charge in [-0.2, -0.15) is 0 Å². The fraction of sp³-hybridized carbons (Fsp3) is 0.278. The number of quaternary nitrogens is 1. The summed E-state index contributed by atoms with van der Waals surface area (Å²) in [6.07, 6.45) is 2.04. The summed E-state index contributed by atoms with van der Waals surface area (Å²) in [6.45, 7) is 2.59. The lowest BCUT2D eigenvalue weighted by molar-refractivity contribution is -0.907. The molecule has 4 N–H and O–H groups in total. The molecule has 8 heteroatoms. The van der Waals surface area contributed by atoms with Crippen LogP contribution in [0.4, 0.5) is 5.69 Å². The van der Waals surface area contributed by atoms with Gasteiger partial charge in [0.2, 0.25) is 10.0 Å². The summed E-state index contributed by atoms with van der Waals surface area (Å²) < 4.78 is 22.5.